The zero-order valence-electron chi connectivity index (χ0n) is 15.7. The molecule has 6 heteroatoms. The first-order valence-electron chi connectivity index (χ1n) is 9.04. The van der Waals surface area contributed by atoms with E-state index in [2.05, 4.69) is 10.2 Å². The van der Waals surface area contributed by atoms with Crippen LogP contribution < -0.4 is 4.74 Å². The van der Waals surface area contributed by atoms with Gasteiger partial charge in [0.1, 0.15) is 11.0 Å². The summed E-state index contributed by atoms with van der Waals surface area (Å²) < 4.78 is 11.2. The third-order valence-corrected chi connectivity index (χ3v) is 5.45. The van der Waals surface area contributed by atoms with Crippen molar-refractivity contribution in [3.05, 3.63) is 96.1 Å². The van der Waals surface area contributed by atoms with Crippen molar-refractivity contribution in [3.8, 4) is 17.2 Å². The molecule has 0 amide bonds. The van der Waals surface area contributed by atoms with Crippen LogP contribution in [0.15, 0.2) is 94.6 Å². The lowest BCUT2D eigenvalue weighted by molar-refractivity contribution is 0.0989. The lowest BCUT2D eigenvalue weighted by Crippen LogP contribution is -2.10. The van der Waals surface area contributed by atoms with Gasteiger partial charge >= 0.3 is 0 Å². The van der Waals surface area contributed by atoms with Crippen LogP contribution in [0.5, 0.6) is 5.75 Å². The Balaban J connectivity index is 1.65. The van der Waals surface area contributed by atoms with Gasteiger partial charge in [-0.2, -0.15) is 0 Å². The average molecular weight is 402 g/mol. The molecule has 0 aliphatic heterocycles. The summed E-state index contributed by atoms with van der Waals surface area (Å²) in [5.74, 6) is 0.982. The van der Waals surface area contributed by atoms with E-state index in [0.29, 0.717) is 28.0 Å². The van der Waals surface area contributed by atoms with E-state index in [4.69, 9.17) is 9.15 Å². The smallest absolute Gasteiger partial charge is 0.277 e. The number of ketones is 1. The molecule has 0 saturated heterocycles. The second-order valence-electron chi connectivity index (χ2n) is 6.21. The number of Topliss-reactive ketones (excluding diaryl/α,β-unsaturated/α-hetero) is 1. The van der Waals surface area contributed by atoms with Crippen LogP contribution in [0.25, 0.3) is 11.5 Å². The molecule has 144 valence electrons. The Morgan fingerprint density at radius 3 is 2.28 bits per heavy atom. The van der Waals surface area contributed by atoms with Crippen LogP contribution in [-0.2, 0) is 0 Å². The van der Waals surface area contributed by atoms with E-state index in [1.54, 1.807) is 7.11 Å². The van der Waals surface area contributed by atoms with E-state index < -0.39 is 5.25 Å². The maximum atomic E-state index is 13.2. The molecule has 0 bridgehead atoms. The van der Waals surface area contributed by atoms with Gasteiger partial charge in [-0.05, 0) is 29.5 Å². The minimum atomic E-state index is -0.496. The summed E-state index contributed by atoms with van der Waals surface area (Å²) in [6.07, 6.45) is 0. The van der Waals surface area contributed by atoms with Crippen molar-refractivity contribution in [2.45, 2.75) is 10.5 Å². The highest BCUT2D eigenvalue weighted by Crippen LogP contribution is 2.39. The lowest BCUT2D eigenvalue weighted by atomic mass is 10.0. The molecule has 1 aromatic heterocycles. The molecule has 5 nitrogen and oxygen atoms in total. The molecule has 0 N–H and O–H groups in total. The molecular formula is C23H18N2O3S. The van der Waals surface area contributed by atoms with Crippen molar-refractivity contribution in [1.29, 1.82) is 0 Å². The fourth-order valence-electron chi connectivity index (χ4n) is 2.94. The van der Waals surface area contributed by atoms with Crippen LogP contribution in [0.2, 0.25) is 0 Å². The van der Waals surface area contributed by atoms with Crippen LogP contribution in [0, 0.1) is 0 Å². The maximum Gasteiger partial charge on any atom is 0.277 e. The molecule has 4 aromatic rings. The minimum Gasteiger partial charge on any atom is -0.496 e. The van der Waals surface area contributed by atoms with Gasteiger partial charge in [0.15, 0.2) is 5.78 Å². The minimum absolute atomic E-state index is 0.0150. The molecule has 0 saturated carbocycles. The number of ether oxygens (including phenoxy) is 1. The quantitative estimate of drug-likeness (QED) is 0.302. The van der Waals surface area contributed by atoms with Crippen LogP contribution in [-0.4, -0.2) is 23.1 Å². The molecule has 0 radical (unpaired) electrons. The molecule has 4 rings (SSSR count). The largest absolute Gasteiger partial charge is 0.496 e. The number of nitrogens with zero attached hydrogens (tertiary/aromatic N) is 2. The summed E-state index contributed by atoms with van der Waals surface area (Å²) >= 11 is 1.24. The van der Waals surface area contributed by atoms with Crippen molar-refractivity contribution in [3.63, 3.8) is 0 Å². The van der Waals surface area contributed by atoms with Crippen molar-refractivity contribution < 1.29 is 13.9 Å². The summed E-state index contributed by atoms with van der Waals surface area (Å²) in [5.41, 5.74) is 2.22. The van der Waals surface area contributed by atoms with E-state index in [1.807, 2.05) is 84.9 Å². The SMILES string of the molecule is COc1ccccc1-c1nnc(SC(C(=O)c2ccccc2)c2ccccc2)o1. The maximum absolute atomic E-state index is 13.2. The van der Waals surface area contributed by atoms with Crippen molar-refractivity contribution in [2.24, 2.45) is 0 Å². The fourth-order valence-corrected chi connectivity index (χ4v) is 3.90. The topological polar surface area (TPSA) is 65.2 Å². The number of hydrogen-bond donors (Lipinski definition) is 0. The molecule has 3 aromatic carbocycles. The van der Waals surface area contributed by atoms with Crippen LogP contribution in [0.3, 0.4) is 0 Å². The number of benzene rings is 3. The van der Waals surface area contributed by atoms with Crippen LogP contribution in [0.4, 0.5) is 0 Å². The number of rotatable bonds is 7. The summed E-state index contributed by atoms with van der Waals surface area (Å²) in [6, 6.07) is 26.3. The molecule has 1 atom stereocenters. The van der Waals surface area contributed by atoms with Gasteiger partial charge in [-0.25, -0.2) is 0 Å². The van der Waals surface area contributed by atoms with Gasteiger partial charge in [-0.1, -0.05) is 72.8 Å². The molecule has 0 spiro atoms. The Hall–Kier alpha value is -3.38. The van der Waals surface area contributed by atoms with Gasteiger partial charge in [0.2, 0.25) is 0 Å². The van der Waals surface area contributed by atoms with E-state index in [-0.39, 0.29) is 5.78 Å². The molecule has 0 aliphatic carbocycles. The second kappa shape index (κ2) is 8.75. The summed E-state index contributed by atoms with van der Waals surface area (Å²) in [7, 11) is 1.59. The third kappa shape index (κ3) is 4.22. The van der Waals surface area contributed by atoms with Gasteiger partial charge in [-0.15, -0.1) is 10.2 Å². The van der Waals surface area contributed by atoms with Crippen LogP contribution >= 0.6 is 11.8 Å². The van der Waals surface area contributed by atoms with Gasteiger partial charge in [-0.3, -0.25) is 4.79 Å². The first-order valence-corrected chi connectivity index (χ1v) is 9.92. The Kier molecular flexibility index (Phi) is 5.72. The molecule has 1 heterocycles. The number of para-hydroxylation sites is 1. The number of thioether (sulfide) groups is 1. The molecule has 29 heavy (non-hydrogen) atoms. The monoisotopic (exact) mass is 402 g/mol. The Morgan fingerprint density at radius 2 is 1.55 bits per heavy atom. The Morgan fingerprint density at radius 1 is 0.897 bits per heavy atom. The first-order chi connectivity index (χ1) is 14.3. The number of aromatic nitrogens is 2. The van der Waals surface area contributed by atoms with Crippen molar-refractivity contribution in [2.75, 3.05) is 7.11 Å². The Bertz CT molecular complexity index is 1100. The predicted octanol–water partition coefficient (Wildman–Crippen LogP) is 5.46. The van der Waals surface area contributed by atoms with Crippen molar-refractivity contribution in [1.82, 2.24) is 10.2 Å². The highest BCUT2D eigenvalue weighted by molar-refractivity contribution is 8.00. The number of carbonyl (C=O) groups is 1. The third-order valence-electron chi connectivity index (χ3n) is 4.36. The van der Waals surface area contributed by atoms with Gasteiger partial charge in [0.25, 0.3) is 11.1 Å². The van der Waals surface area contributed by atoms with Crippen LogP contribution in [0.1, 0.15) is 21.2 Å². The standard InChI is InChI=1S/C23H18N2O3S/c1-27-19-15-9-8-14-18(19)22-24-25-23(28-22)29-21(17-12-6-3-7-13-17)20(26)16-10-4-2-5-11-16/h2-15,21H,1H3. The molecule has 0 aliphatic rings. The lowest BCUT2D eigenvalue weighted by Gasteiger charge is -2.14. The van der Waals surface area contributed by atoms with Gasteiger partial charge < -0.3 is 9.15 Å². The van der Waals surface area contributed by atoms with Gasteiger partial charge in [0, 0.05) is 5.56 Å². The summed E-state index contributed by atoms with van der Waals surface area (Å²) in [6.45, 7) is 0. The van der Waals surface area contributed by atoms with E-state index >= 15 is 0 Å². The molecule has 1 unspecified atom stereocenters. The number of hydrogen-bond acceptors (Lipinski definition) is 6. The van der Waals surface area contributed by atoms with E-state index in [1.165, 1.54) is 11.8 Å². The second-order valence-corrected chi connectivity index (χ2v) is 7.27. The van der Waals surface area contributed by atoms with Gasteiger partial charge in [0.05, 0.1) is 12.7 Å². The van der Waals surface area contributed by atoms with E-state index in [0.717, 1.165) is 5.56 Å². The summed E-state index contributed by atoms with van der Waals surface area (Å²) in [4.78, 5) is 13.2. The first kappa shape index (κ1) is 19.0. The molecule has 0 fully saturated rings. The number of carbonyl (C=O) groups excluding carboxylic acids is 1. The zero-order chi connectivity index (χ0) is 20.1. The van der Waals surface area contributed by atoms with E-state index in [9.17, 15) is 4.79 Å². The summed E-state index contributed by atoms with van der Waals surface area (Å²) in [5, 5.41) is 8.12. The number of methoxy groups -OCH3 is 1. The molecular weight excluding hydrogens is 384 g/mol. The normalized spacial score (nSPS) is 11.8. The average Bonchev–Trinajstić information content (AvgIpc) is 3.26. The Labute approximate surface area is 172 Å². The zero-order valence-corrected chi connectivity index (χ0v) is 16.5. The van der Waals surface area contributed by atoms with Crippen molar-refractivity contribution >= 4 is 17.5 Å². The highest BCUT2D eigenvalue weighted by Gasteiger charge is 2.26. The predicted molar refractivity (Wildman–Crippen MR) is 112 cm³/mol. The fraction of sp³-hybridized carbons (Fsp3) is 0.0870. The highest BCUT2D eigenvalue weighted by atomic mass is 32.2.